The largest absolute Gasteiger partial charge is 0.310 e. The first-order valence-corrected chi connectivity index (χ1v) is 36.1. The number of hydrogen-bond acceptors (Lipinski definition) is 4. The molecule has 0 fully saturated rings. The molecule has 20 rings (SSSR count). The first-order chi connectivity index (χ1) is 49.6. The second kappa shape index (κ2) is 23.3. The number of fused-ring (bicyclic) bond motifs is 13. The smallest absolute Gasteiger partial charge is 0.0714 e. The van der Waals surface area contributed by atoms with Gasteiger partial charge in [-0.1, -0.05) is 291 Å². The third-order valence-corrected chi connectivity index (χ3v) is 23.7. The summed E-state index contributed by atoms with van der Waals surface area (Å²) < 4.78 is 5.03. The fourth-order valence-electron chi connectivity index (χ4n) is 17.3. The van der Waals surface area contributed by atoms with Gasteiger partial charge in [-0.05, 0) is 174 Å². The molecule has 0 saturated heterocycles. The van der Waals surface area contributed by atoms with E-state index in [0.717, 1.165) is 34.1 Å². The van der Waals surface area contributed by atoms with Crippen molar-refractivity contribution >= 4 is 108 Å². The van der Waals surface area contributed by atoms with Crippen molar-refractivity contribution in [2.45, 2.75) is 10.8 Å². The van der Waals surface area contributed by atoms with Gasteiger partial charge in [0.05, 0.1) is 10.8 Å². The van der Waals surface area contributed by atoms with E-state index in [9.17, 15) is 0 Å². The van der Waals surface area contributed by atoms with Crippen molar-refractivity contribution in [3.05, 3.63) is 421 Å². The normalized spacial score (nSPS) is 13.2. The highest BCUT2D eigenvalue weighted by atomic mass is 32.1. The average molecular weight is 1310 g/mol. The van der Waals surface area contributed by atoms with Gasteiger partial charge in [-0.2, -0.15) is 0 Å². The molecule has 100 heavy (non-hydrogen) atoms. The molecule has 2 heterocycles. The molecule has 2 aliphatic rings. The third kappa shape index (κ3) is 8.74. The second-order valence-corrected chi connectivity index (χ2v) is 28.6. The van der Waals surface area contributed by atoms with Crippen LogP contribution in [-0.4, -0.2) is 0 Å². The molecule has 2 nitrogen and oxygen atoms in total. The van der Waals surface area contributed by atoms with Crippen LogP contribution in [0.3, 0.4) is 0 Å². The first kappa shape index (κ1) is 58.0. The van der Waals surface area contributed by atoms with Crippen LogP contribution in [0.1, 0.15) is 44.5 Å². The Kier molecular flexibility index (Phi) is 13.5. The number of rotatable bonds is 12. The minimum Gasteiger partial charge on any atom is -0.310 e. The van der Waals surface area contributed by atoms with Crippen LogP contribution in [0, 0.1) is 0 Å². The Bertz CT molecular complexity index is 5750. The van der Waals surface area contributed by atoms with Gasteiger partial charge < -0.3 is 9.80 Å². The molecule has 0 atom stereocenters. The van der Waals surface area contributed by atoms with Crippen molar-refractivity contribution in [3.63, 3.8) is 0 Å². The summed E-state index contributed by atoms with van der Waals surface area (Å²) in [6.07, 6.45) is 0. The molecule has 16 aromatic carbocycles. The minimum atomic E-state index is -0.539. The summed E-state index contributed by atoms with van der Waals surface area (Å²) in [7, 11) is 0. The topological polar surface area (TPSA) is 6.48 Å². The number of benzene rings is 16. The van der Waals surface area contributed by atoms with E-state index in [4.69, 9.17) is 0 Å². The van der Waals surface area contributed by atoms with Gasteiger partial charge in [-0.25, -0.2) is 0 Å². The Morgan fingerprint density at radius 2 is 0.490 bits per heavy atom. The Hall–Kier alpha value is -12.2. The predicted octanol–water partition coefficient (Wildman–Crippen LogP) is 26.6. The van der Waals surface area contributed by atoms with E-state index in [2.05, 4.69) is 386 Å². The molecule has 2 aromatic heterocycles. The van der Waals surface area contributed by atoms with Crippen LogP contribution in [0.25, 0.3) is 95.6 Å². The summed E-state index contributed by atoms with van der Waals surface area (Å²) in [5.74, 6) is 0. The number of thiophene rings is 2. The summed E-state index contributed by atoms with van der Waals surface area (Å²) in [5, 5.41) is 7.50. The first-order valence-electron chi connectivity index (χ1n) is 34.5. The van der Waals surface area contributed by atoms with E-state index in [1.54, 1.807) is 0 Å². The minimum absolute atomic E-state index is 0.539. The van der Waals surface area contributed by atoms with Crippen molar-refractivity contribution < 1.29 is 0 Å². The highest BCUT2D eigenvalue weighted by molar-refractivity contribution is 7.27. The average Bonchev–Trinajstić information content (AvgIpc) is 1.54. The van der Waals surface area contributed by atoms with Crippen LogP contribution in [0.4, 0.5) is 34.1 Å². The van der Waals surface area contributed by atoms with Crippen molar-refractivity contribution in [2.24, 2.45) is 0 Å². The number of para-hydroxylation sites is 2. The van der Waals surface area contributed by atoms with Gasteiger partial charge in [0.1, 0.15) is 0 Å². The number of hydrogen-bond donors (Lipinski definition) is 0. The van der Waals surface area contributed by atoms with Crippen LogP contribution in [0.5, 0.6) is 0 Å². The van der Waals surface area contributed by atoms with Crippen molar-refractivity contribution in [2.75, 3.05) is 9.80 Å². The van der Waals surface area contributed by atoms with Gasteiger partial charge in [-0.3, -0.25) is 0 Å². The van der Waals surface area contributed by atoms with E-state index in [-0.39, 0.29) is 0 Å². The molecule has 0 amide bonds. The van der Waals surface area contributed by atoms with E-state index >= 15 is 0 Å². The zero-order chi connectivity index (χ0) is 65.9. The number of nitrogens with zero attached hydrogens (tertiary/aromatic N) is 2. The maximum absolute atomic E-state index is 2.53. The molecule has 0 aliphatic heterocycles. The lowest BCUT2D eigenvalue weighted by Crippen LogP contribution is -2.28. The van der Waals surface area contributed by atoms with Crippen LogP contribution >= 0.6 is 22.7 Å². The molecule has 468 valence electrons. The SMILES string of the molecule is c1ccc(-c2c3cc4c(sc5cc(N(c6ccccc6)c6cccc(C7(c8ccccc8)c8ccccc8-c8ccccc87)c6)ccc54)c(-c4ccccc4)c3cc3c2sc2cc(N(c4ccccc4)c4cccc(C5(c6ccccc6)c6ccccc6-c6ccccc65)c4)ccc23)cc1. The quantitative estimate of drug-likeness (QED) is 0.120. The molecule has 2 aliphatic carbocycles. The molecule has 0 N–H and O–H groups in total. The van der Waals surface area contributed by atoms with E-state index < -0.39 is 10.8 Å². The predicted molar refractivity (Wildman–Crippen MR) is 425 cm³/mol. The molecular weight excluding hydrogens is 1250 g/mol. The zero-order valence-corrected chi connectivity index (χ0v) is 56.1. The lowest BCUT2D eigenvalue weighted by Gasteiger charge is -2.35. The zero-order valence-electron chi connectivity index (χ0n) is 54.5. The van der Waals surface area contributed by atoms with Gasteiger partial charge in [0.25, 0.3) is 0 Å². The second-order valence-electron chi connectivity index (χ2n) is 26.5. The maximum Gasteiger partial charge on any atom is 0.0714 e. The van der Waals surface area contributed by atoms with E-state index in [1.807, 2.05) is 22.7 Å². The van der Waals surface area contributed by atoms with Crippen LogP contribution < -0.4 is 9.80 Å². The third-order valence-electron chi connectivity index (χ3n) is 21.3. The van der Waals surface area contributed by atoms with Gasteiger partial charge in [0.2, 0.25) is 0 Å². The van der Waals surface area contributed by atoms with Gasteiger partial charge in [0, 0.05) is 85.6 Å². The maximum atomic E-state index is 2.53. The molecule has 4 heteroatoms. The Morgan fingerprint density at radius 3 is 0.850 bits per heavy atom. The molecule has 18 aromatic rings. The molecular formula is C96H62N2S2. The Labute approximate surface area is 589 Å². The van der Waals surface area contributed by atoms with E-state index in [1.165, 1.54) is 140 Å². The summed E-state index contributed by atoms with van der Waals surface area (Å²) in [5.41, 5.74) is 25.7. The van der Waals surface area contributed by atoms with Crippen molar-refractivity contribution in [1.82, 2.24) is 0 Å². The Morgan fingerprint density at radius 1 is 0.200 bits per heavy atom. The fourth-order valence-corrected chi connectivity index (χ4v) is 19.9. The molecule has 0 spiro atoms. The lowest BCUT2D eigenvalue weighted by molar-refractivity contribution is 0.768. The van der Waals surface area contributed by atoms with Crippen LogP contribution in [0.15, 0.2) is 376 Å². The molecule has 0 unspecified atom stereocenters. The highest BCUT2D eigenvalue weighted by Gasteiger charge is 2.48. The van der Waals surface area contributed by atoms with Crippen molar-refractivity contribution in [1.29, 1.82) is 0 Å². The van der Waals surface area contributed by atoms with E-state index in [0.29, 0.717) is 0 Å². The standard InChI is InChI=1S/C96H62N2S2/c1-7-29-63(30-8-1)91-81-61-84-80-56-54-74(98(70-41-17-6-18-42-70)72-44-28-38-68(58-72)96(66-35-13-4-14-36-66)87-51-25-21-47-77(87)78-48-22-26-52-88(78)96)60-90(80)100-94(84)92(64-31-9-2-10-32-64)82(81)62-83-79-55-53-73(59-89(79)99-93(83)91)97(69-39-15-5-16-40-69)71-43-27-37-67(57-71)95(65-33-11-3-12-34-65)85-49-23-19-45-75(85)76-46-20-24-50-86(76)95/h1-62H. The Balaban J connectivity index is 0.765. The monoisotopic (exact) mass is 1310 g/mol. The lowest BCUT2D eigenvalue weighted by atomic mass is 9.67. The van der Waals surface area contributed by atoms with Gasteiger partial charge in [-0.15, -0.1) is 22.7 Å². The number of anilines is 6. The summed E-state index contributed by atoms with van der Waals surface area (Å²) in [6.45, 7) is 0. The molecule has 0 saturated carbocycles. The van der Waals surface area contributed by atoms with Crippen LogP contribution in [0.2, 0.25) is 0 Å². The van der Waals surface area contributed by atoms with Crippen LogP contribution in [-0.2, 0) is 10.8 Å². The summed E-state index contributed by atoms with van der Waals surface area (Å²) in [6, 6.07) is 141. The fraction of sp³-hybridized carbons (Fsp3) is 0.0208. The van der Waals surface area contributed by atoms with Gasteiger partial charge in [0.15, 0.2) is 0 Å². The summed E-state index contributed by atoms with van der Waals surface area (Å²) in [4.78, 5) is 4.91. The summed E-state index contributed by atoms with van der Waals surface area (Å²) >= 11 is 3.82. The van der Waals surface area contributed by atoms with Crippen molar-refractivity contribution in [3.8, 4) is 44.5 Å². The molecule has 0 radical (unpaired) electrons. The highest BCUT2D eigenvalue weighted by Crippen LogP contribution is 2.60. The van der Waals surface area contributed by atoms with Gasteiger partial charge >= 0.3 is 0 Å². The molecule has 0 bridgehead atoms.